The third-order valence-electron chi connectivity index (χ3n) is 5.17. The molecule has 0 amide bonds. The van der Waals surface area contributed by atoms with Gasteiger partial charge in [-0.25, -0.2) is 0 Å². The average Bonchev–Trinajstić information content (AvgIpc) is 2.59. The molecule has 0 atom stereocenters. The van der Waals surface area contributed by atoms with Crippen LogP contribution < -0.4 is 0 Å². The summed E-state index contributed by atoms with van der Waals surface area (Å²) in [5, 5.41) is 0. The summed E-state index contributed by atoms with van der Waals surface area (Å²) in [5.41, 5.74) is 7.22. The number of carbonyl (C=O) groups excluding carboxylic acids is 2. The topological polar surface area (TPSA) is 34.1 Å². The summed E-state index contributed by atoms with van der Waals surface area (Å²) in [7, 11) is 0. The van der Waals surface area contributed by atoms with Crippen molar-refractivity contribution in [2.45, 2.75) is 73.1 Å². The first-order valence-corrected chi connectivity index (χ1v) is 9.88. The number of hydrogen-bond donors (Lipinski definition) is 0. The number of hydrogen-bond acceptors (Lipinski definition) is 2. The van der Waals surface area contributed by atoms with Crippen LogP contribution >= 0.6 is 0 Å². The minimum atomic E-state index is -0.0182. The van der Waals surface area contributed by atoms with Gasteiger partial charge in [-0.1, -0.05) is 53.7 Å². The van der Waals surface area contributed by atoms with Crippen LogP contribution in [0.5, 0.6) is 0 Å². The van der Waals surface area contributed by atoms with Crippen molar-refractivity contribution in [2.24, 2.45) is 0 Å². The van der Waals surface area contributed by atoms with Crippen molar-refractivity contribution in [1.82, 2.24) is 0 Å². The van der Waals surface area contributed by atoms with E-state index in [1.165, 1.54) is 22.3 Å². The molecule has 2 nitrogen and oxygen atoms in total. The zero-order chi connectivity index (χ0) is 20.5. The Morgan fingerprint density at radius 1 is 0.630 bits per heavy atom. The second-order valence-corrected chi connectivity index (χ2v) is 8.45. The summed E-state index contributed by atoms with van der Waals surface area (Å²) in [6.07, 6.45) is 0. The molecule has 0 aliphatic heterocycles. The SMILES string of the molecule is CC(=O)c1cc(C(C)=O)cc(-c2c(C(C)C)cc(C(C)C)cc2C(C)C)c1. The van der Waals surface area contributed by atoms with Gasteiger partial charge in [-0.3, -0.25) is 9.59 Å². The van der Waals surface area contributed by atoms with E-state index in [-0.39, 0.29) is 11.6 Å². The van der Waals surface area contributed by atoms with Gasteiger partial charge < -0.3 is 0 Å². The summed E-state index contributed by atoms with van der Waals surface area (Å²) >= 11 is 0. The van der Waals surface area contributed by atoms with Crippen molar-refractivity contribution in [3.63, 3.8) is 0 Å². The first-order chi connectivity index (χ1) is 12.5. The van der Waals surface area contributed by atoms with E-state index >= 15 is 0 Å². The van der Waals surface area contributed by atoms with Crippen LogP contribution in [-0.2, 0) is 0 Å². The van der Waals surface area contributed by atoms with Crippen molar-refractivity contribution in [3.05, 3.63) is 58.1 Å². The lowest BCUT2D eigenvalue weighted by Gasteiger charge is -2.24. The van der Waals surface area contributed by atoms with Crippen molar-refractivity contribution in [1.29, 1.82) is 0 Å². The molecule has 0 saturated heterocycles. The Hall–Kier alpha value is -2.22. The molecule has 0 aliphatic rings. The lowest BCUT2D eigenvalue weighted by molar-refractivity contribution is 0.101. The van der Waals surface area contributed by atoms with Gasteiger partial charge in [-0.2, -0.15) is 0 Å². The Balaban J connectivity index is 2.92. The normalized spacial score (nSPS) is 11.5. The van der Waals surface area contributed by atoms with Crippen LogP contribution in [0.15, 0.2) is 30.3 Å². The van der Waals surface area contributed by atoms with Gasteiger partial charge in [0.1, 0.15) is 0 Å². The third-order valence-corrected chi connectivity index (χ3v) is 5.17. The minimum Gasteiger partial charge on any atom is -0.295 e. The van der Waals surface area contributed by atoms with E-state index in [0.29, 0.717) is 28.9 Å². The first kappa shape index (κ1) is 21.1. The second-order valence-electron chi connectivity index (χ2n) is 8.45. The van der Waals surface area contributed by atoms with Crippen molar-refractivity contribution in [2.75, 3.05) is 0 Å². The van der Waals surface area contributed by atoms with Gasteiger partial charge in [-0.15, -0.1) is 0 Å². The van der Waals surface area contributed by atoms with E-state index < -0.39 is 0 Å². The number of ketones is 2. The van der Waals surface area contributed by atoms with Crippen LogP contribution in [0.4, 0.5) is 0 Å². The van der Waals surface area contributed by atoms with E-state index in [2.05, 4.69) is 53.7 Å². The molecule has 2 aromatic carbocycles. The molecule has 144 valence electrons. The maximum Gasteiger partial charge on any atom is 0.159 e. The predicted octanol–water partition coefficient (Wildman–Crippen LogP) is 7.13. The lowest BCUT2D eigenvalue weighted by Crippen LogP contribution is -2.05. The summed E-state index contributed by atoms with van der Waals surface area (Å²) in [5.74, 6) is 1.10. The number of carbonyl (C=O) groups is 2. The molecule has 0 saturated carbocycles. The Morgan fingerprint density at radius 2 is 1.04 bits per heavy atom. The molecule has 0 bridgehead atoms. The molecule has 27 heavy (non-hydrogen) atoms. The molecule has 0 N–H and O–H groups in total. The molecule has 0 aliphatic carbocycles. The molecule has 2 rings (SSSR count). The monoisotopic (exact) mass is 364 g/mol. The highest BCUT2D eigenvalue weighted by molar-refractivity contribution is 6.01. The smallest absolute Gasteiger partial charge is 0.159 e. The molecule has 0 unspecified atom stereocenters. The Bertz CT molecular complexity index is 809. The van der Waals surface area contributed by atoms with Crippen LogP contribution in [0.25, 0.3) is 11.1 Å². The molecular weight excluding hydrogens is 332 g/mol. The van der Waals surface area contributed by atoms with E-state index in [1.54, 1.807) is 19.9 Å². The van der Waals surface area contributed by atoms with Gasteiger partial charge in [-0.05, 0) is 77.6 Å². The zero-order valence-electron chi connectivity index (χ0n) is 17.9. The Morgan fingerprint density at radius 3 is 1.33 bits per heavy atom. The summed E-state index contributed by atoms with van der Waals surface area (Å²) in [6, 6.07) is 10.2. The van der Waals surface area contributed by atoms with Crippen LogP contribution in [0.1, 0.15) is 111 Å². The molecule has 0 aromatic heterocycles. The van der Waals surface area contributed by atoms with Gasteiger partial charge in [0.25, 0.3) is 0 Å². The van der Waals surface area contributed by atoms with Crippen molar-refractivity contribution in [3.8, 4) is 11.1 Å². The van der Waals surface area contributed by atoms with Crippen LogP contribution in [0.2, 0.25) is 0 Å². The molecular formula is C25H32O2. The van der Waals surface area contributed by atoms with E-state index in [9.17, 15) is 9.59 Å². The number of benzene rings is 2. The number of Topliss-reactive ketones (excluding diaryl/α,β-unsaturated/α-hetero) is 2. The standard InChI is InChI=1S/C25H32O2/c1-14(2)19-12-23(15(3)4)25(24(13-19)16(5)6)22-10-20(17(7)26)9-21(11-22)18(8)27/h9-16H,1-8H3. The van der Waals surface area contributed by atoms with Crippen LogP contribution in [-0.4, -0.2) is 11.6 Å². The molecule has 0 heterocycles. The largest absolute Gasteiger partial charge is 0.295 e. The summed E-state index contributed by atoms with van der Waals surface area (Å²) < 4.78 is 0. The predicted molar refractivity (Wildman–Crippen MR) is 114 cm³/mol. The molecule has 2 aromatic rings. The average molecular weight is 365 g/mol. The highest BCUT2D eigenvalue weighted by atomic mass is 16.1. The number of rotatable bonds is 6. The van der Waals surface area contributed by atoms with E-state index in [0.717, 1.165) is 5.56 Å². The summed E-state index contributed by atoms with van der Waals surface area (Å²) in [6.45, 7) is 16.3. The quantitative estimate of drug-likeness (QED) is 0.511. The van der Waals surface area contributed by atoms with E-state index in [4.69, 9.17) is 0 Å². The maximum atomic E-state index is 12.1. The molecule has 2 heteroatoms. The zero-order valence-corrected chi connectivity index (χ0v) is 17.9. The third kappa shape index (κ3) is 4.55. The van der Waals surface area contributed by atoms with Gasteiger partial charge in [0.05, 0.1) is 0 Å². The fraction of sp³-hybridized carbons (Fsp3) is 0.440. The Kier molecular flexibility index (Phi) is 6.41. The fourth-order valence-electron chi connectivity index (χ4n) is 3.47. The highest BCUT2D eigenvalue weighted by Crippen LogP contribution is 2.39. The van der Waals surface area contributed by atoms with Crippen molar-refractivity contribution >= 4 is 11.6 Å². The molecule has 0 radical (unpaired) electrons. The van der Waals surface area contributed by atoms with Gasteiger partial charge in [0, 0.05) is 11.1 Å². The summed E-state index contributed by atoms with van der Waals surface area (Å²) in [4.78, 5) is 24.1. The first-order valence-electron chi connectivity index (χ1n) is 9.88. The lowest BCUT2D eigenvalue weighted by atomic mass is 9.81. The fourth-order valence-corrected chi connectivity index (χ4v) is 3.47. The Labute approximate surface area is 164 Å². The van der Waals surface area contributed by atoms with Gasteiger partial charge >= 0.3 is 0 Å². The second kappa shape index (κ2) is 8.21. The van der Waals surface area contributed by atoms with Gasteiger partial charge in [0.2, 0.25) is 0 Å². The molecule has 0 spiro atoms. The maximum absolute atomic E-state index is 12.1. The van der Waals surface area contributed by atoms with Crippen LogP contribution in [0.3, 0.4) is 0 Å². The van der Waals surface area contributed by atoms with Gasteiger partial charge in [0.15, 0.2) is 11.6 Å². The minimum absolute atomic E-state index is 0.0182. The highest BCUT2D eigenvalue weighted by Gasteiger charge is 2.20. The van der Waals surface area contributed by atoms with E-state index in [1.807, 2.05) is 12.1 Å². The van der Waals surface area contributed by atoms with Crippen molar-refractivity contribution < 1.29 is 9.59 Å². The van der Waals surface area contributed by atoms with Crippen LogP contribution in [0, 0.1) is 0 Å². The molecule has 0 fully saturated rings.